The second-order valence-corrected chi connectivity index (χ2v) is 4.56. The van der Waals surface area contributed by atoms with E-state index in [2.05, 4.69) is 10.6 Å². The summed E-state index contributed by atoms with van der Waals surface area (Å²) >= 11 is 0. The van der Waals surface area contributed by atoms with Crippen LogP contribution in [0.4, 0.5) is 0 Å². The first-order chi connectivity index (χ1) is 11.0. The zero-order valence-corrected chi connectivity index (χ0v) is 12.6. The molecule has 0 aromatic heterocycles. The lowest BCUT2D eigenvalue weighted by atomic mass is 10.2. The highest BCUT2D eigenvalue weighted by Gasteiger charge is 2.09. The maximum atomic E-state index is 7.46. The van der Waals surface area contributed by atoms with E-state index in [0.29, 0.717) is 11.5 Å². The summed E-state index contributed by atoms with van der Waals surface area (Å²) in [6.45, 7) is 1.97. The van der Waals surface area contributed by atoms with Crippen LogP contribution in [-0.4, -0.2) is 17.1 Å². The zero-order valence-electron chi connectivity index (χ0n) is 12.6. The lowest BCUT2D eigenvalue weighted by Crippen LogP contribution is -2.41. The molecule has 0 unspecified atom stereocenters. The number of para-hydroxylation sites is 1. The van der Waals surface area contributed by atoms with Gasteiger partial charge in [-0.15, -0.1) is 0 Å². The van der Waals surface area contributed by atoms with E-state index in [-0.39, 0.29) is 5.96 Å². The quantitative estimate of drug-likeness (QED) is 0.375. The fourth-order valence-corrected chi connectivity index (χ4v) is 1.54. The summed E-state index contributed by atoms with van der Waals surface area (Å²) in [7, 11) is 0. The van der Waals surface area contributed by atoms with E-state index in [4.69, 9.17) is 26.6 Å². The van der Waals surface area contributed by atoms with Crippen LogP contribution >= 0.6 is 0 Å². The largest absolute Gasteiger partial charge is 0.379 e. The average molecular weight is 314 g/mol. The van der Waals surface area contributed by atoms with Gasteiger partial charge in [-0.1, -0.05) is 46.2 Å². The number of nitrogens with zero attached hydrogens (tertiary/aromatic N) is 2. The summed E-state index contributed by atoms with van der Waals surface area (Å²) < 4.78 is 0. The SMILES string of the molecule is Cc1ccc(ONC(N)=NN(Oc2ccccc2)C(=N)N)cc1. The van der Waals surface area contributed by atoms with Crippen molar-refractivity contribution in [2.75, 3.05) is 0 Å². The molecule has 0 saturated heterocycles. The predicted molar refractivity (Wildman–Crippen MR) is 87.4 cm³/mol. The monoisotopic (exact) mass is 314 g/mol. The van der Waals surface area contributed by atoms with E-state index in [1.165, 1.54) is 0 Å². The fourth-order valence-electron chi connectivity index (χ4n) is 1.54. The minimum atomic E-state index is -0.436. The van der Waals surface area contributed by atoms with Crippen LogP contribution in [0.3, 0.4) is 0 Å². The number of guanidine groups is 2. The molecular weight excluding hydrogens is 296 g/mol. The smallest absolute Gasteiger partial charge is 0.248 e. The number of aryl methyl sites for hydroxylation is 1. The van der Waals surface area contributed by atoms with Gasteiger partial charge in [0.2, 0.25) is 11.9 Å². The number of hydrogen-bond acceptors (Lipinski definition) is 4. The summed E-state index contributed by atoms with van der Waals surface area (Å²) in [5, 5.41) is 12.1. The van der Waals surface area contributed by atoms with Crippen molar-refractivity contribution in [2.24, 2.45) is 16.6 Å². The molecule has 8 heteroatoms. The molecule has 120 valence electrons. The van der Waals surface area contributed by atoms with Crippen molar-refractivity contribution in [1.82, 2.24) is 10.7 Å². The van der Waals surface area contributed by atoms with Crippen molar-refractivity contribution in [2.45, 2.75) is 6.92 Å². The molecule has 0 heterocycles. The van der Waals surface area contributed by atoms with Gasteiger partial charge < -0.3 is 21.1 Å². The molecular formula is C15H18N6O2. The first kappa shape index (κ1) is 16.0. The summed E-state index contributed by atoms with van der Waals surface area (Å²) in [4.78, 5) is 10.6. The molecule has 0 aliphatic rings. The Labute approximate surface area is 133 Å². The summed E-state index contributed by atoms with van der Waals surface area (Å²) in [5.41, 5.74) is 14.6. The number of hydrazone groups is 1. The summed E-state index contributed by atoms with van der Waals surface area (Å²) in [6, 6.07) is 16.1. The van der Waals surface area contributed by atoms with Crippen LogP contribution in [0.25, 0.3) is 0 Å². The molecule has 0 aliphatic heterocycles. The Kier molecular flexibility index (Phi) is 5.24. The van der Waals surface area contributed by atoms with Gasteiger partial charge in [-0.25, -0.2) is 0 Å². The molecule has 0 atom stereocenters. The average Bonchev–Trinajstić information content (AvgIpc) is 2.54. The van der Waals surface area contributed by atoms with Crippen LogP contribution in [0.2, 0.25) is 0 Å². The predicted octanol–water partition coefficient (Wildman–Crippen LogP) is 1.30. The Hall–Kier alpha value is -3.42. The number of nitrogens with one attached hydrogen (secondary N) is 2. The normalized spacial score (nSPS) is 10.7. The van der Waals surface area contributed by atoms with Crippen LogP contribution < -0.4 is 26.6 Å². The van der Waals surface area contributed by atoms with Gasteiger partial charge in [-0.2, -0.15) is 5.48 Å². The van der Waals surface area contributed by atoms with Crippen LogP contribution in [0.15, 0.2) is 59.7 Å². The van der Waals surface area contributed by atoms with Crippen LogP contribution in [0.1, 0.15) is 5.56 Å². The highest BCUT2D eigenvalue weighted by atomic mass is 16.7. The molecule has 0 amide bonds. The van der Waals surface area contributed by atoms with Gasteiger partial charge in [0, 0.05) is 0 Å². The third-order valence-electron chi connectivity index (χ3n) is 2.63. The molecule has 8 nitrogen and oxygen atoms in total. The standard InChI is InChI=1S/C15H18N6O2/c1-11-7-9-12(10-8-11)22-20-15(18)19-21(14(16)17)23-13-5-3-2-4-6-13/h2-10H,1H3,(H3,16,17)(H3,18,19,20). The molecule has 0 radical (unpaired) electrons. The van der Waals surface area contributed by atoms with Crippen molar-refractivity contribution in [3.63, 3.8) is 0 Å². The van der Waals surface area contributed by atoms with Gasteiger partial charge >= 0.3 is 0 Å². The highest BCUT2D eigenvalue weighted by Crippen LogP contribution is 2.11. The molecule has 0 saturated carbocycles. The number of nitrogens with two attached hydrogens (primary N) is 2. The maximum absolute atomic E-state index is 7.46. The minimum Gasteiger partial charge on any atom is -0.379 e. The molecule has 23 heavy (non-hydrogen) atoms. The van der Waals surface area contributed by atoms with Crippen molar-refractivity contribution in [3.05, 3.63) is 60.2 Å². The number of hydrogen-bond donors (Lipinski definition) is 4. The molecule has 2 rings (SSSR count). The Balaban J connectivity index is 1.97. The van der Waals surface area contributed by atoms with E-state index in [1.54, 1.807) is 36.4 Å². The van der Waals surface area contributed by atoms with Crippen molar-refractivity contribution in [1.29, 1.82) is 5.41 Å². The van der Waals surface area contributed by atoms with Gasteiger partial charge in [0.25, 0.3) is 0 Å². The molecule has 2 aromatic rings. The molecule has 0 aliphatic carbocycles. The minimum absolute atomic E-state index is 0.128. The van der Waals surface area contributed by atoms with Gasteiger partial charge in [-0.05, 0) is 31.2 Å². The van der Waals surface area contributed by atoms with E-state index >= 15 is 0 Å². The van der Waals surface area contributed by atoms with Crippen LogP contribution in [0, 0.1) is 12.3 Å². The second-order valence-electron chi connectivity index (χ2n) is 4.56. The second kappa shape index (κ2) is 7.55. The van der Waals surface area contributed by atoms with Gasteiger partial charge in [0.05, 0.1) is 0 Å². The zero-order chi connectivity index (χ0) is 16.7. The molecule has 0 bridgehead atoms. The molecule has 0 spiro atoms. The Morgan fingerprint density at radius 3 is 2.30 bits per heavy atom. The topological polar surface area (TPSA) is 122 Å². The van der Waals surface area contributed by atoms with Crippen molar-refractivity contribution in [3.8, 4) is 11.5 Å². The van der Waals surface area contributed by atoms with Gasteiger partial charge in [0.1, 0.15) is 0 Å². The third-order valence-corrected chi connectivity index (χ3v) is 2.63. The van der Waals surface area contributed by atoms with E-state index < -0.39 is 5.96 Å². The lowest BCUT2D eigenvalue weighted by Gasteiger charge is -2.17. The van der Waals surface area contributed by atoms with Gasteiger partial charge in [-0.3, -0.25) is 5.41 Å². The van der Waals surface area contributed by atoms with E-state index in [9.17, 15) is 0 Å². The van der Waals surface area contributed by atoms with Crippen LogP contribution in [0.5, 0.6) is 11.5 Å². The summed E-state index contributed by atoms with van der Waals surface area (Å²) in [5.74, 6) is 0.455. The summed E-state index contributed by atoms with van der Waals surface area (Å²) in [6.07, 6.45) is 0. The van der Waals surface area contributed by atoms with E-state index in [0.717, 1.165) is 10.7 Å². The first-order valence-electron chi connectivity index (χ1n) is 6.75. The number of rotatable bonds is 5. The lowest BCUT2D eigenvalue weighted by molar-refractivity contribution is 0.0175. The van der Waals surface area contributed by atoms with Crippen molar-refractivity contribution >= 4 is 11.9 Å². The number of hydroxylamine groups is 2. The van der Waals surface area contributed by atoms with E-state index in [1.807, 2.05) is 25.1 Å². The molecule has 0 fully saturated rings. The first-order valence-corrected chi connectivity index (χ1v) is 6.75. The third kappa shape index (κ3) is 5.12. The number of benzene rings is 2. The van der Waals surface area contributed by atoms with Crippen LogP contribution in [-0.2, 0) is 0 Å². The fraction of sp³-hybridized carbons (Fsp3) is 0.0667. The Bertz CT molecular complexity index is 672. The Morgan fingerprint density at radius 2 is 1.70 bits per heavy atom. The maximum Gasteiger partial charge on any atom is 0.248 e. The van der Waals surface area contributed by atoms with Crippen molar-refractivity contribution < 1.29 is 9.68 Å². The highest BCUT2D eigenvalue weighted by molar-refractivity contribution is 5.80. The van der Waals surface area contributed by atoms with Gasteiger partial charge in [0.15, 0.2) is 11.5 Å². The molecule has 6 N–H and O–H groups in total. The molecule has 2 aromatic carbocycles. The Morgan fingerprint density at radius 1 is 1.04 bits per heavy atom.